The van der Waals surface area contributed by atoms with Gasteiger partial charge in [0.1, 0.15) is 24.0 Å². The molecule has 4 aliphatic rings. The second-order valence-electron chi connectivity index (χ2n) is 12.0. The maximum Gasteiger partial charge on any atom is 0.297 e. The second-order valence-corrected chi connectivity index (χ2v) is 13.9. The molecular formula is C31H30N6O9S. The van der Waals surface area contributed by atoms with Gasteiger partial charge in [-0.15, -0.1) is 0 Å². The molecule has 0 spiro atoms. The first-order valence-electron chi connectivity index (χ1n) is 15.2. The van der Waals surface area contributed by atoms with Gasteiger partial charge in [-0.2, -0.15) is 4.98 Å². The number of nitro benzene ring substituents is 1. The van der Waals surface area contributed by atoms with Crippen LogP contribution in [0.5, 0.6) is 11.6 Å². The van der Waals surface area contributed by atoms with E-state index in [1.807, 2.05) is 6.07 Å². The molecule has 3 atom stereocenters. The maximum absolute atomic E-state index is 14.6. The van der Waals surface area contributed by atoms with Crippen LogP contribution in [0.2, 0.25) is 0 Å². The predicted molar refractivity (Wildman–Crippen MR) is 167 cm³/mol. The highest BCUT2D eigenvalue weighted by Gasteiger charge is 2.45. The zero-order valence-electron chi connectivity index (χ0n) is 24.9. The third-order valence-electron chi connectivity index (χ3n) is 9.28. The summed E-state index contributed by atoms with van der Waals surface area (Å²) in [5.74, 6) is -0.411. The van der Waals surface area contributed by atoms with Crippen molar-refractivity contribution in [2.75, 3.05) is 43.3 Å². The zero-order chi connectivity index (χ0) is 32.4. The number of rotatable bonds is 6. The van der Waals surface area contributed by atoms with Crippen molar-refractivity contribution < 1.29 is 37.1 Å². The molecule has 1 amide bonds. The molecule has 4 N–H and O–H groups in total. The molecule has 0 bridgehead atoms. The van der Waals surface area contributed by atoms with Gasteiger partial charge in [-0.05, 0) is 43.0 Å². The van der Waals surface area contributed by atoms with Gasteiger partial charge in [-0.25, -0.2) is 8.42 Å². The molecule has 2 aromatic heterocycles. The van der Waals surface area contributed by atoms with Crippen LogP contribution in [0.25, 0.3) is 11.0 Å². The lowest BCUT2D eigenvalue weighted by Gasteiger charge is -2.40. The molecule has 0 radical (unpaired) electrons. The molecular weight excluding hydrogens is 632 g/mol. The largest absolute Gasteiger partial charge is 0.489 e. The normalized spacial score (nSPS) is 22.4. The number of benzene rings is 2. The standard InChI is InChI=1S/C31H30N6O9S/c32-29(38)19-2-1-3-26(28(19)36-22-10-17-4-7-33-30(17)35-31(22)46-25-15-44-14-23(25)36)47(41,42)18-11-21(37(39)40)27-24(12-18)45-13-20(34-27)16-5-8-43-9-6-16/h1-4,7,10-12,16,20,23,25,34H,5-6,8-9,13-15H2,(H2,32,38)(H,33,35)/t20-,23+,25+/m1/s1. The van der Waals surface area contributed by atoms with Crippen molar-refractivity contribution in [1.82, 2.24) is 9.97 Å². The maximum atomic E-state index is 14.6. The van der Waals surface area contributed by atoms with Crippen molar-refractivity contribution in [2.45, 2.75) is 40.8 Å². The Kier molecular flexibility index (Phi) is 6.96. The molecule has 2 aromatic carbocycles. The quantitative estimate of drug-likeness (QED) is 0.201. The summed E-state index contributed by atoms with van der Waals surface area (Å²) in [6.07, 6.45) is 2.74. The van der Waals surface area contributed by atoms with E-state index in [2.05, 4.69) is 15.3 Å². The molecule has 0 saturated carbocycles. The molecule has 0 unspecified atom stereocenters. The first-order chi connectivity index (χ1) is 22.7. The van der Waals surface area contributed by atoms with E-state index in [-0.39, 0.29) is 70.1 Å². The molecule has 8 rings (SSSR count). The summed E-state index contributed by atoms with van der Waals surface area (Å²) in [5, 5.41) is 16.3. The number of ether oxygens (including phenoxy) is 4. The minimum Gasteiger partial charge on any atom is -0.489 e. The summed E-state index contributed by atoms with van der Waals surface area (Å²) in [6, 6.07) is 9.37. The molecule has 4 aliphatic heterocycles. The van der Waals surface area contributed by atoms with E-state index in [0.717, 1.165) is 24.3 Å². The zero-order valence-corrected chi connectivity index (χ0v) is 25.7. The van der Waals surface area contributed by atoms with Crippen molar-refractivity contribution in [3.8, 4) is 11.6 Å². The van der Waals surface area contributed by atoms with E-state index in [4.69, 9.17) is 24.7 Å². The number of nitrogens with one attached hydrogen (secondary N) is 2. The fourth-order valence-corrected chi connectivity index (χ4v) is 8.43. The Morgan fingerprint density at radius 3 is 2.70 bits per heavy atom. The lowest BCUT2D eigenvalue weighted by Crippen LogP contribution is -2.47. The number of nitro groups is 1. The minimum atomic E-state index is -4.55. The molecule has 6 heterocycles. The Balaban J connectivity index is 1.28. The van der Waals surface area contributed by atoms with Crippen LogP contribution >= 0.6 is 0 Å². The highest BCUT2D eigenvalue weighted by molar-refractivity contribution is 7.91. The van der Waals surface area contributed by atoms with E-state index < -0.39 is 38.5 Å². The van der Waals surface area contributed by atoms with E-state index >= 15 is 0 Å². The fourth-order valence-electron chi connectivity index (χ4n) is 6.92. The first-order valence-corrected chi connectivity index (χ1v) is 16.7. The van der Waals surface area contributed by atoms with Gasteiger partial charge in [0.25, 0.3) is 11.6 Å². The Morgan fingerprint density at radius 2 is 1.91 bits per heavy atom. The van der Waals surface area contributed by atoms with Gasteiger partial charge < -0.3 is 39.9 Å². The number of hydrogen-bond donors (Lipinski definition) is 3. The molecule has 4 aromatic rings. The smallest absolute Gasteiger partial charge is 0.297 e. The first kappa shape index (κ1) is 29.5. The highest BCUT2D eigenvalue weighted by atomic mass is 32.2. The Labute approximate surface area is 268 Å². The number of carbonyl (C=O) groups excluding carboxylic acids is 1. The number of hydrogen-bond acceptors (Lipinski definition) is 12. The second kappa shape index (κ2) is 11.1. The number of anilines is 3. The van der Waals surface area contributed by atoms with Crippen LogP contribution in [0.15, 0.2) is 58.5 Å². The lowest BCUT2D eigenvalue weighted by atomic mass is 9.91. The average Bonchev–Trinajstić information content (AvgIpc) is 3.74. The summed E-state index contributed by atoms with van der Waals surface area (Å²) in [6.45, 7) is 1.77. The lowest BCUT2D eigenvalue weighted by molar-refractivity contribution is -0.384. The summed E-state index contributed by atoms with van der Waals surface area (Å²) in [7, 11) is -4.55. The third-order valence-corrected chi connectivity index (χ3v) is 11.0. The van der Waals surface area contributed by atoms with Crippen LogP contribution < -0.4 is 25.4 Å². The van der Waals surface area contributed by atoms with Crippen molar-refractivity contribution in [3.63, 3.8) is 0 Å². The number of para-hydroxylation sites is 1. The molecule has 16 heteroatoms. The fraction of sp³-hybridized carbons (Fsp3) is 0.355. The SMILES string of the molecule is NC(=O)c1cccc(S(=O)(=O)c2cc3c(c([N+](=O)[O-])c2)N[C@@H](C2CCOCC2)CO3)c1N1c2cc3cc[nH]c3nc2O[C@H]2COC[C@@H]21. The summed E-state index contributed by atoms with van der Waals surface area (Å²) >= 11 is 0. The minimum absolute atomic E-state index is 0.000680. The topological polar surface area (TPSA) is 201 Å². The summed E-state index contributed by atoms with van der Waals surface area (Å²) < 4.78 is 52.7. The van der Waals surface area contributed by atoms with E-state index in [1.54, 1.807) is 17.2 Å². The summed E-state index contributed by atoms with van der Waals surface area (Å²) in [5.41, 5.74) is 6.46. The molecule has 0 aliphatic carbocycles. The van der Waals surface area contributed by atoms with E-state index in [1.165, 1.54) is 24.3 Å². The average molecular weight is 663 g/mol. The number of primary amides is 1. The number of amides is 1. The van der Waals surface area contributed by atoms with Gasteiger partial charge in [-0.1, -0.05) is 6.07 Å². The van der Waals surface area contributed by atoms with Crippen LogP contribution in [0.1, 0.15) is 23.2 Å². The molecule has 244 valence electrons. The number of carbonyl (C=O) groups is 1. The van der Waals surface area contributed by atoms with E-state index in [9.17, 15) is 23.3 Å². The van der Waals surface area contributed by atoms with Gasteiger partial charge in [0.05, 0.1) is 51.3 Å². The van der Waals surface area contributed by atoms with Crippen molar-refractivity contribution in [1.29, 1.82) is 0 Å². The van der Waals surface area contributed by atoms with Crippen LogP contribution in [0.3, 0.4) is 0 Å². The molecule has 47 heavy (non-hydrogen) atoms. The van der Waals surface area contributed by atoms with Gasteiger partial charge in [0, 0.05) is 36.9 Å². The predicted octanol–water partition coefficient (Wildman–Crippen LogP) is 3.30. The number of pyridine rings is 1. The third kappa shape index (κ3) is 4.82. The molecule has 15 nitrogen and oxygen atoms in total. The molecule has 2 fully saturated rings. The number of nitrogens with zero attached hydrogens (tertiary/aromatic N) is 3. The monoisotopic (exact) mass is 662 g/mol. The number of aromatic amines is 1. The number of nitrogens with two attached hydrogens (primary N) is 1. The van der Waals surface area contributed by atoms with Crippen LogP contribution in [0, 0.1) is 16.0 Å². The van der Waals surface area contributed by atoms with Crippen molar-refractivity contribution in [3.05, 3.63) is 64.3 Å². The number of fused-ring (bicyclic) bond motifs is 4. The van der Waals surface area contributed by atoms with Gasteiger partial charge >= 0.3 is 0 Å². The van der Waals surface area contributed by atoms with Crippen LogP contribution in [-0.2, 0) is 19.3 Å². The summed E-state index contributed by atoms with van der Waals surface area (Å²) in [4.78, 5) is 33.4. The Morgan fingerprint density at radius 1 is 1.09 bits per heavy atom. The van der Waals surface area contributed by atoms with E-state index in [0.29, 0.717) is 24.5 Å². The Bertz CT molecular complexity index is 2040. The highest BCUT2D eigenvalue weighted by Crippen LogP contribution is 2.48. The van der Waals surface area contributed by atoms with Crippen LogP contribution in [0.4, 0.5) is 22.7 Å². The molecule has 2 saturated heterocycles. The number of aromatic nitrogens is 2. The van der Waals surface area contributed by atoms with Gasteiger partial charge in [-0.3, -0.25) is 14.9 Å². The van der Waals surface area contributed by atoms with Crippen molar-refractivity contribution in [2.24, 2.45) is 11.7 Å². The van der Waals surface area contributed by atoms with Crippen molar-refractivity contribution >= 4 is 49.5 Å². The Hall–Kier alpha value is -4.93. The van der Waals surface area contributed by atoms with Gasteiger partial charge in [0.15, 0.2) is 11.4 Å². The van der Waals surface area contributed by atoms with Crippen LogP contribution in [-0.4, -0.2) is 80.4 Å². The van der Waals surface area contributed by atoms with Gasteiger partial charge in [0.2, 0.25) is 15.7 Å². The number of sulfone groups is 1. The number of H-pyrrole nitrogens is 1.